The van der Waals surface area contributed by atoms with E-state index in [4.69, 9.17) is 17.4 Å². The maximum Gasteiger partial charge on any atom is 0.0608 e. The highest BCUT2D eigenvalue weighted by molar-refractivity contribution is 7.10. The third-order valence-corrected chi connectivity index (χ3v) is 5.28. The van der Waals surface area contributed by atoms with Crippen LogP contribution in [0.2, 0.25) is 5.02 Å². The number of thiophene rings is 1. The molecule has 0 aliphatic carbocycles. The van der Waals surface area contributed by atoms with Gasteiger partial charge in [-0.25, -0.2) is 0 Å². The van der Waals surface area contributed by atoms with Crippen molar-refractivity contribution in [2.45, 2.75) is 33.2 Å². The van der Waals surface area contributed by atoms with Crippen molar-refractivity contribution in [3.63, 3.8) is 0 Å². The number of hydrazine groups is 1. The van der Waals surface area contributed by atoms with E-state index in [0.29, 0.717) is 0 Å². The standard InChI is InChI=1S/C15H19ClN2S/c1-9-4-5-12(6-10(9)2)7-13(18-17)15-14(16)11(3)8-19-15/h4-6,8,13,18H,7,17H2,1-3H3. The lowest BCUT2D eigenvalue weighted by Crippen LogP contribution is -2.29. The summed E-state index contributed by atoms with van der Waals surface area (Å²) < 4.78 is 0. The van der Waals surface area contributed by atoms with Crippen LogP contribution < -0.4 is 11.3 Å². The molecule has 0 aliphatic rings. The van der Waals surface area contributed by atoms with Gasteiger partial charge in [-0.05, 0) is 54.8 Å². The fraction of sp³-hybridized carbons (Fsp3) is 0.333. The molecule has 0 saturated heterocycles. The van der Waals surface area contributed by atoms with Crippen molar-refractivity contribution in [1.29, 1.82) is 0 Å². The van der Waals surface area contributed by atoms with Gasteiger partial charge in [-0.3, -0.25) is 11.3 Å². The monoisotopic (exact) mass is 294 g/mol. The van der Waals surface area contributed by atoms with E-state index in [9.17, 15) is 0 Å². The first-order valence-electron chi connectivity index (χ1n) is 6.28. The largest absolute Gasteiger partial charge is 0.271 e. The summed E-state index contributed by atoms with van der Waals surface area (Å²) in [5, 5.41) is 2.90. The van der Waals surface area contributed by atoms with E-state index in [1.54, 1.807) is 11.3 Å². The highest BCUT2D eigenvalue weighted by Gasteiger charge is 2.17. The van der Waals surface area contributed by atoms with Crippen LogP contribution in [0.5, 0.6) is 0 Å². The number of hydrogen-bond acceptors (Lipinski definition) is 3. The molecule has 3 N–H and O–H groups in total. The quantitative estimate of drug-likeness (QED) is 0.659. The molecule has 0 saturated carbocycles. The lowest BCUT2D eigenvalue weighted by molar-refractivity contribution is 0.560. The van der Waals surface area contributed by atoms with Gasteiger partial charge in [-0.15, -0.1) is 11.3 Å². The number of nitrogens with one attached hydrogen (secondary N) is 1. The van der Waals surface area contributed by atoms with E-state index >= 15 is 0 Å². The Morgan fingerprint density at radius 1 is 1.21 bits per heavy atom. The smallest absolute Gasteiger partial charge is 0.0608 e. The minimum absolute atomic E-state index is 0.0632. The number of nitrogens with two attached hydrogens (primary N) is 1. The Kier molecular flexibility index (Phi) is 4.63. The molecule has 0 fully saturated rings. The molecule has 0 bridgehead atoms. The van der Waals surface area contributed by atoms with Gasteiger partial charge in [-0.1, -0.05) is 29.8 Å². The van der Waals surface area contributed by atoms with Gasteiger partial charge in [0.05, 0.1) is 11.1 Å². The molecule has 0 radical (unpaired) electrons. The Labute approximate surface area is 123 Å². The van der Waals surface area contributed by atoms with E-state index in [2.05, 4.69) is 42.9 Å². The van der Waals surface area contributed by atoms with Crippen molar-refractivity contribution in [1.82, 2.24) is 5.43 Å². The predicted molar refractivity (Wildman–Crippen MR) is 83.8 cm³/mol. The zero-order valence-corrected chi connectivity index (χ0v) is 13.0. The third kappa shape index (κ3) is 3.18. The molecule has 1 aromatic carbocycles. The fourth-order valence-corrected chi connectivity index (χ4v) is 3.46. The molecule has 1 atom stereocenters. The van der Waals surface area contributed by atoms with Crippen LogP contribution in [0.1, 0.15) is 33.2 Å². The van der Waals surface area contributed by atoms with E-state index in [0.717, 1.165) is 21.9 Å². The topological polar surface area (TPSA) is 38.0 Å². The second kappa shape index (κ2) is 6.06. The summed E-state index contributed by atoms with van der Waals surface area (Å²) in [5.41, 5.74) is 7.88. The van der Waals surface area contributed by atoms with Crippen LogP contribution in [-0.4, -0.2) is 0 Å². The molecule has 2 aromatic rings. The number of halogens is 1. The molecule has 1 aromatic heterocycles. The SMILES string of the molecule is Cc1ccc(CC(NN)c2scc(C)c2Cl)cc1C. The van der Waals surface area contributed by atoms with Gasteiger partial charge in [0, 0.05) is 4.88 Å². The van der Waals surface area contributed by atoms with Crippen LogP contribution in [0.4, 0.5) is 0 Å². The lowest BCUT2D eigenvalue weighted by Gasteiger charge is -2.16. The Morgan fingerprint density at radius 2 is 1.95 bits per heavy atom. The van der Waals surface area contributed by atoms with Crippen molar-refractivity contribution in [2.24, 2.45) is 5.84 Å². The summed E-state index contributed by atoms with van der Waals surface area (Å²) in [5.74, 6) is 5.70. The molecule has 0 amide bonds. The number of hydrogen-bond donors (Lipinski definition) is 2. The highest BCUT2D eigenvalue weighted by Crippen LogP contribution is 2.33. The number of benzene rings is 1. The van der Waals surface area contributed by atoms with Crippen molar-refractivity contribution in [3.8, 4) is 0 Å². The van der Waals surface area contributed by atoms with E-state index in [-0.39, 0.29) is 6.04 Å². The summed E-state index contributed by atoms with van der Waals surface area (Å²) >= 11 is 7.98. The van der Waals surface area contributed by atoms with Gasteiger partial charge < -0.3 is 0 Å². The Morgan fingerprint density at radius 3 is 2.47 bits per heavy atom. The predicted octanol–water partition coefficient (Wildman–Crippen LogP) is 4.07. The minimum Gasteiger partial charge on any atom is -0.271 e. The third-order valence-electron chi connectivity index (χ3n) is 3.45. The second-order valence-corrected chi connectivity index (χ2v) is 6.23. The summed E-state index contributed by atoms with van der Waals surface area (Å²) in [6, 6.07) is 6.59. The summed E-state index contributed by atoms with van der Waals surface area (Å²) in [7, 11) is 0. The van der Waals surface area contributed by atoms with Crippen LogP contribution in [0.3, 0.4) is 0 Å². The minimum atomic E-state index is 0.0632. The second-order valence-electron chi connectivity index (χ2n) is 4.94. The first-order valence-corrected chi connectivity index (χ1v) is 7.54. The Bertz CT molecular complexity index is 578. The maximum absolute atomic E-state index is 6.32. The van der Waals surface area contributed by atoms with Crippen LogP contribution >= 0.6 is 22.9 Å². The van der Waals surface area contributed by atoms with Crippen molar-refractivity contribution in [2.75, 3.05) is 0 Å². The van der Waals surface area contributed by atoms with Gasteiger partial charge >= 0.3 is 0 Å². The van der Waals surface area contributed by atoms with E-state index in [1.807, 2.05) is 6.92 Å². The van der Waals surface area contributed by atoms with Gasteiger partial charge in [-0.2, -0.15) is 0 Å². The van der Waals surface area contributed by atoms with Gasteiger partial charge in [0.25, 0.3) is 0 Å². The Balaban J connectivity index is 2.24. The van der Waals surface area contributed by atoms with Crippen LogP contribution in [0, 0.1) is 20.8 Å². The summed E-state index contributed by atoms with van der Waals surface area (Å²) in [6.45, 7) is 6.27. The summed E-state index contributed by atoms with van der Waals surface area (Å²) in [4.78, 5) is 1.11. The molecule has 102 valence electrons. The lowest BCUT2D eigenvalue weighted by atomic mass is 10.0. The highest BCUT2D eigenvalue weighted by atomic mass is 35.5. The summed E-state index contributed by atoms with van der Waals surface area (Å²) in [6.07, 6.45) is 0.845. The van der Waals surface area contributed by atoms with Crippen molar-refractivity contribution >= 4 is 22.9 Å². The molecule has 19 heavy (non-hydrogen) atoms. The number of rotatable bonds is 4. The molecular weight excluding hydrogens is 276 g/mol. The van der Waals surface area contributed by atoms with Crippen LogP contribution in [0.25, 0.3) is 0 Å². The fourth-order valence-electron chi connectivity index (χ4n) is 2.08. The molecule has 0 aliphatic heterocycles. The first kappa shape index (κ1) is 14.5. The maximum atomic E-state index is 6.32. The Hall–Kier alpha value is -0.870. The van der Waals surface area contributed by atoms with E-state index < -0.39 is 0 Å². The molecule has 1 unspecified atom stereocenters. The van der Waals surface area contributed by atoms with Gasteiger partial charge in [0.15, 0.2) is 0 Å². The number of aryl methyl sites for hydroxylation is 3. The molecule has 2 rings (SSSR count). The van der Waals surface area contributed by atoms with Crippen LogP contribution in [0.15, 0.2) is 23.6 Å². The van der Waals surface area contributed by atoms with Crippen molar-refractivity contribution in [3.05, 3.63) is 55.7 Å². The normalized spacial score (nSPS) is 12.7. The van der Waals surface area contributed by atoms with Crippen LogP contribution in [-0.2, 0) is 6.42 Å². The molecule has 1 heterocycles. The molecular formula is C15H19ClN2S. The van der Waals surface area contributed by atoms with Gasteiger partial charge in [0.2, 0.25) is 0 Å². The first-order chi connectivity index (χ1) is 9.02. The zero-order valence-electron chi connectivity index (χ0n) is 11.5. The molecule has 4 heteroatoms. The average molecular weight is 295 g/mol. The average Bonchev–Trinajstić information content (AvgIpc) is 2.72. The van der Waals surface area contributed by atoms with Gasteiger partial charge in [0.1, 0.15) is 0 Å². The molecule has 0 spiro atoms. The van der Waals surface area contributed by atoms with Crippen molar-refractivity contribution < 1.29 is 0 Å². The zero-order chi connectivity index (χ0) is 14.0. The van der Waals surface area contributed by atoms with E-state index in [1.165, 1.54) is 16.7 Å². The molecule has 2 nitrogen and oxygen atoms in total.